The van der Waals surface area contributed by atoms with Crippen molar-refractivity contribution in [3.05, 3.63) is 76.7 Å². The molecule has 9 heteroatoms. The molecule has 3 aromatic rings. The van der Waals surface area contributed by atoms with Crippen LogP contribution in [0.1, 0.15) is 80.9 Å². The summed E-state index contributed by atoms with van der Waals surface area (Å²) in [4.78, 5) is 15.8. The average Bonchev–Trinajstić information content (AvgIpc) is 3.64. The molecule has 0 amide bonds. The van der Waals surface area contributed by atoms with E-state index in [1.807, 2.05) is 0 Å². The summed E-state index contributed by atoms with van der Waals surface area (Å²) in [6, 6.07) is 21.6. The average molecular weight is 622 g/mol. The van der Waals surface area contributed by atoms with Crippen molar-refractivity contribution >= 4 is 36.0 Å². The zero-order valence-electron chi connectivity index (χ0n) is 25.3. The van der Waals surface area contributed by atoms with Crippen LogP contribution in [0.2, 0.25) is 5.04 Å². The molecule has 0 bridgehead atoms. The molecule has 6 atom stereocenters. The molecular formula is C34H43NO6SSi. The van der Waals surface area contributed by atoms with E-state index in [0.29, 0.717) is 6.61 Å². The van der Waals surface area contributed by atoms with Crippen LogP contribution in [0.5, 0.6) is 0 Å². The lowest BCUT2D eigenvalue weighted by Gasteiger charge is -2.44. The molecule has 1 saturated carbocycles. The number of aromatic carboxylic acids is 1. The summed E-state index contributed by atoms with van der Waals surface area (Å²) in [7, 11) is -2.72. The van der Waals surface area contributed by atoms with Gasteiger partial charge in [-0.3, -0.25) is 0 Å². The maximum atomic E-state index is 11.4. The molecule has 43 heavy (non-hydrogen) atoms. The second-order valence-corrected chi connectivity index (χ2v) is 18.3. The van der Waals surface area contributed by atoms with Crippen molar-refractivity contribution in [3.8, 4) is 0 Å². The smallest absolute Gasteiger partial charge is 0.355 e. The number of rotatable bonds is 9. The van der Waals surface area contributed by atoms with Gasteiger partial charge in [0, 0.05) is 30.9 Å². The summed E-state index contributed by atoms with van der Waals surface area (Å²) >= 11 is 1.37. The number of ether oxygens (including phenoxy) is 3. The molecule has 2 aliphatic heterocycles. The quantitative estimate of drug-likeness (QED) is 0.285. The Kier molecular flexibility index (Phi) is 9.19. The first-order chi connectivity index (χ1) is 20.8. The van der Waals surface area contributed by atoms with Gasteiger partial charge in [0.15, 0.2) is 12.0 Å². The Labute approximate surface area is 259 Å². The Balaban J connectivity index is 1.29. The summed E-state index contributed by atoms with van der Waals surface area (Å²) in [6.07, 6.45) is 5.20. The van der Waals surface area contributed by atoms with Gasteiger partial charge in [-0.1, -0.05) is 81.4 Å². The van der Waals surface area contributed by atoms with Crippen LogP contribution < -0.4 is 10.4 Å². The van der Waals surface area contributed by atoms with Crippen molar-refractivity contribution in [1.29, 1.82) is 0 Å². The highest BCUT2D eigenvalue weighted by molar-refractivity contribution is 7.09. The number of carboxylic acid groups (broad SMARTS) is 1. The van der Waals surface area contributed by atoms with E-state index in [9.17, 15) is 9.90 Å². The number of fused-ring (bicyclic) bond motifs is 1. The van der Waals surface area contributed by atoms with E-state index >= 15 is 0 Å². The van der Waals surface area contributed by atoms with Gasteiger partial charge in [-0.05, 0) is 53.4 Å². The molecular weight excluding hydrogens is 579 g/mol. The SMILES string of the molecule is CC(C)(C)[Si](OC[C@@H]1[C@H]2CC[C@H](c3nc(C(=O)O)cs3)O[C@H]2C[C@H]1OC1CCCCO1)(c1ccccc1)c1ccccc1. The summed E-state index contributed by atoms with van der Waals surface area (Å²) in [5, 5.41) is 14.2. The number of hydrogen-bond donors (Lipinski definition) is 1. The van der Waals surface area contributed by atoms with Crippen LogP contribution in [0.15, 0.2) is 66.0 Å². The fourth-order valence-electron chi connectivity index (χ4n) is 7.41. The van der Waals surface area contributed by atoms with Crippen LogP contribution >= 0.6 is 11.3 Å². The van der Waals surface area contributed by atoms with Crippen molar-refractivity contribution in [1.82, 2.24) is 4.98 Å². The Bertz CT molecular complexity index is 1320. The predicted octanol–water partition coefficient (Wildman–Crippen LogP) is 6.19. The first-order valence-electron chi connectivity index (χ1n) is 15.6. The first-order valence-corrected chi connectivity index (χ1v) is 18.4. The van der Waals surface area contributed by atoms with E-state index in [1.54, 1.807) is 5.38 Å². The summed E-state index contributed by atoms with van der Waals surface area (Å²) in [5.41, 5.74) is 0.0874. The monoisotopic (exact) mass is 621 g/mol. The normalized spacial score (nSPS) is 28.0. The molecule has 1 aliphatic carbocycles. The molecule has 2 aromatic carbocycles. The van der Waals surface area contributed by atoms with Gasteiger partial charge in [0.1, 0.15) is 11.1 Å². The zero-order valence-corrected chi connectivity index (χ0v) is 27.1. The lowest BCUT2D eigenvalue weighted by Crippen LogP contribution is -2.67. The van der Waals surface area contributed by atoms with Crippen molar-refractivity contribution in [2.24, 2.45) is 11.8 Å². The minimum Gasteiger partial charge on any atom is -0.476 e. The molecule has 6 rings (SSSR count). The van der Waals surface area contributed by atoms with Gasteiger partial charge in [0.05, 0.1) is 12.2 Å². The number of benzene rings is 2. The number of nitrogens with zero attached hydrogens (tertiary/aromatic N) is 1. The molecule has 1 N–H and O–H groups in total. The van der Waals surface area contributed by atoms with Crippen molar-refractivity contribution < 1.29 is 28.5 Å². The van der Waals surface area contributed by atoms with E-state index in [1.165, 1.54) is 21.7 Å². The van der Waals surface area contributed by atoms with Gasteiger partial charge >= 0.3 is 5.97 Å². The maximum Gasteiger partial charge on any atom is 0.355 e. The Morgan fingerprint density at radius 2 is 1.72 bits per heavy atom. The fraction of sp³-hybridized carbons (Fsp3) is 0.529. The second-order valence-electron chi connectivity index (χ2n) is 13.1. The standard InChI is InChI=1S/C34H43NO6SSi/c1-34(2,3)43(23-12-6-4-7-13-23,24-14-8-5-9-15-24)39-21-26-25-17-18-28(32-35-27(22-42-32)33(36)37)40-29(25)20-30(26)41-31-16-10-11-19-38-31/h4-9,12-15,22,25-26,28-31H,10-11,16-21H2,1-3H3,(H,36,37)/t25-,26-,28-,29+,30-,31?/m1/s1. The largest absolute Gasteiger partial charge is 0.476 e. The van der Waals surface area contributed by atoms with Crippen LogP contribution in [-0.4, -0.2) is 56.1 Å². The minimum absolute atomic E-state index is 0.00253. The second kappa shape index (κ2) is 12.9. The number of hydrogen-bond acceptors (Lipinski definition) is 7. The van der Waals surface area contributed by atoms with Gasteiger partial charge in [-0.2, -0.15) is 0 Å². The Hall–Kier alpha value is -2.40. The van der Waals surface area contributed by atoms with E-state index in [2.05, 4.69) is 86.4 Å². The third-order valence-corrected chi connectivity index (χ3v) is 15.4. The highest BCUT2D eigenvalue weighted by Crippen LogP contribution is 2.48. The zero-order chi connectivity index (χ0) is 30.0. The van der Waals surface area contributed by atoms with E-state index in [0.717, 1.165) is 50.1 Å². The Morgan fingerprint density at radius 3 is 2.30 bits per heavy atom. The molecule has 230 valence electrons. The highest BCUT2D eigenvalue weighted by atomic mass is 32.1. The topological polar surface area (TPSA) is 87.1 Å². The highest BCUT2D eigenvalue weighted by Gasteiger charge is 2.54. The first kappa shape index (κ1) is 30.6. The van der Waals surface area contributed by atoms with Crippen molar-refractivity contribution in [2.45, 2.75) is 88.9 Å². The van der Waals surface area contributed by atoms with E-state index < -0.39 is 14.3 Å². The maximum absolute atomic E-state index is 11.4. The van der Waals surface area contributed by atoms with Crippen LogP contribution in [0.4, 0.5) is 0 Å². The van der Waals surface area contributed by atoms with Crippen LogP contribution in [0, 0.1) is 11.8 Å². The fourth-order valence-corrected chi connectivity index (χ4v) is 12.9. The third kappa shape index (κ3) is 6.25. The van der Waals surface area contributed by atoms with Crippen LogP contribution in [0.3, 0.4) is 0 Å². The van der Waals surface area contributed by atoms with Crippen molar-refractivity contribution in [3.63, 3.8) is 0 Å². The molecule has 3 heterocycles. The van der Waals surface area contributed by atoms with E-state index in [-0.39, 0.29) is 47.2 Å². The lowest BCUT2D eigenvalue weighted by molar-refractivity contribution is -0.197. The lowest BCUT2D eigenvalue weighted by atomic mass is 9.87. The Morgan fingerprint density at radius 1 is 1.02 bits per heavy atom. The summed E-state index contributed by atoms with van der Waals surface area (Å²) < 4.78 is 26.9. The number of aromatic nitrogens is 1. The number of thiazole rings is 1. The van der Waals surface area contributed by atoms with Gasteiger partial charge in [-0.15, -0.1) is 11.3 Å². The van der Waals surface area contributed by atoms with Gasteiger partial charge in [0.25, 0.3) is 8.32 Å². The molecule has 7 nitrogen and oxygen atoms in total. The molecule has 0 radical (unpaired) electrons. The minimum atomic E-state index is -2.72. The number of carbonyl (C=O) groups is 1. The molecule has 1 aromatic heterocycles. The summed E-state index contributed by atoms with van der Waals surface area (Å²) in [5.74, 6) is -0.565. The van der Waals surface area contributed by atoms with Gasteiger partial charge in [-0.25, -0.2) is 9.78 Å². The van der Waals surface area contributed by atoms with Crippen LogP contribution in [-0.2, 0) is 18.6 Å². The molecule has 2 saturated heterocycles. The number of carboxylic acids is 1. The predicted molar refractivity (Wildman–Crippen MR) is 170 cm³/mol. The summed E-state index contributed by atoms with van der Waals surface area (Å²) in [6.45, 7) is 8.26. The third-order valence-electron chi connectivity index (χ3n) is 9.46. The molecule has 1 unspecified atom stereocenters. The molecule has 3 fully saturated rings. The van der Waals surface area contributed by atoms with Gasteiger partial charge < -0.3 is 23.7 Å². The van der Waals surface area contributed by atoms with E-state index in [4.69, 9.17) is 18.6 Å². The van der Waals surface area contributed by atoms with Gasteiger partial charge in [0.2, 0.25) is 0 Å². The van der Waals surface area contributed by atoms with Crippen LogP contribution in [0.25, 0.3) is 0 Å². The van der Waals surface area contributed by atoms with Crippen molar-refractivity contribution in [2.75, 3.05) is 13.2 Å². The molecule has 0 spiro atoms. The molecule has 3 aliphatic rings.